The van der Waals surface area contributed by atoms with Crippen LogP contribution in [0.2, 0.25) is 0 Å². The lowest BCUT2D eigenvalue weighted by atomic mass is 10.1. The smallest absolute Gasteiger partial charge is 0.245 e. The van der Waals surface area contributed by atoms with Gasteiger partial charge < -0.3 is 43.8 Å². The Bertz CT molecular complexity index is 816. The van der Waals surface area contributed by atoms with Crippen molar-refractivity contribution < 1.29 is 24.0 Å². The van der Waals surface area contributed by atoms with Gasteiger partial charge in [0.15, 0.2) is 5.96 Å². The number of likely N-dealkylation sites (tertiary alicyclic amines) is 1. The molecule has 0 aliphatic carbocycles. The first-order valence-electron chi connectivity index (χ1n) is 12.2. The second-order valence-corrected chi connectivity index (χ2v) is 8.87. The van der Waals surface area contributed by atoms with E-state index in [0.717, 1.165) is 0 Å². The van der Waals surface area contributed by atoms with E-state index in [1.165, 1.54) is 18.7 Å². The molecule has 36 heavy (non-hydrogen) atoms. The Morgan fingerprint density at radius 2 is 1.64 bits per heavy atom. The van der Waals surface area contributed by atoms with Crippen LogP contribution in [-0.4, -0.2) is 84.2 Å². The average Bonchev–Trinajstić information content (AvgIpc) is 3.29. The fourth-order valence-corrected chi connectivity index (χ4v) is 3.92. The van der Waals surface area contributed by atoms with E-state index in [4.69, 9.17) is 22.9 Å². The molecule has 11 N–H and O–H groups in total. The van der Waals surface area contributed by atoms with Gasteiger partial charge in [-0.3, -0.25) is 29.0 Å². The van der Waals surface area contributed by atoms with E-state index in [1.807, 2.05) is 0 Å². The second-order valence-electron chi connectivity index (χ2n) is 8.87. The number of rotatable bonds is 15. The van der Waals surface area contributed by atoms with Gasteiger partial charge in [0.2, 0.25) is 29.5 Å². The molecular weight excluding hydrogens is 470 g/mol. The van der Waals surface area contributed by atoms with Crippen molar-refractivity contribution in [3.8, 4) is 0 Å². The third-order valence-corrected chi connectivity index (χ3v) is 5.82. The summed E-state index contributed by atoms with van der Waals surface area (Å²) in [4.78, 5) is 67.6. The molecule has 5 amide bonds. The molecule has 1 aliphatic heterocycles. The predicted octanol–water partition coefficient (Wildman–Crippen LogP) is -2.86. The molecule has 14 nitrogen and oxygen atoms in total. The molecule has 14 heteroatoms. The van der Waals surface area contributed by atoms with Crippen molar-refractivity contribution in [3.63, 3.8) is 0 Å². The summed E-state index contributed by atoms with van der Waals surface area (Å²) in [5.41, 5.74) is 21.5. The highest BCUT2D eigenvalue weighted by atomic mass is 16.2. The lowest BCUT2D eigenvalue weighted by Gasteiger charge is -2.30. The Morgan fingerprint density at radius 1 is 0.972 bits per heavy atom. The Balaban J connectivity index is 3.03. The summed E-state index contributed by atoms with van der Waals surface area (Å²) in [5.74, 6) is -2.60. The number of primary amides is 1. The molecule has 1 fully saturated rings. The molecule has 0 aromatic heterocycles. The molecule has 1 aliphatic rings. The van der Waals surface area contributed by atoms with Crippen molar-refractivity contribution in [2.24, 2.45) is 27.9 Å². The summed E-state index contributed by atoms with van der Waals surface area (Å²) in [6, 6.07) is -3.50. The maximum atomic E-state index is 13.5. The van der Waals surface area contributed by atoms with Gasteiger partial charge in [-0.05, 0) is 58.4 Å². The van der Waals surface area contributed by atoms with E-state index in [0.29, 0.717) is 51.6 Å². The third-order valence-electron chi connectivity index (χ3n) is 5.82. The molecule has 1 rings (SSSR count). The second kappa shape index (κ2) is 15.5. The van der Waals surface area contributed by atoms with Crippen LogP contribution in [0.4, 0.5) is 0 Å². The SMILES string of the molecule is CC(=O)N[C@@H](CCCCN)C(=O)N[C@@H](CCCN=C(N)N)C(=O)N1CCC[C@H]1C(=O)N[C@H](C)C(N)=O. The molecule has 204 valence electrons. The van der Waals surface area contributed by atoms with E-state index in [2.05, 4.69) is 20.9 Å². The summed E-state index contributed by atoms with van der Waals surface area (Å²) >= 11 is 0. The highest BCUT2D eigenvalue weighted by molar-refractivity contribution is 5.95. The molecule has 1 heterocycles. The lowest BCUT2D eigenvalue weighted by molar-refractivity contribution is -0.142. The zero-order chi connectivity index (χ0) is 27.3. The van der Waals surface area contributed by atoms with Crippen LogP contribution >= 0.6 is 0 Å². The topological polar surface area (TPSA) is 241 Å². The minimum atomic E-state index is -0.973. The van der Waals surface area contributed by atoms with E-state index in [1.54, 1.807) is 0 Å². The Labute approximate surface area is 211 Å². The lowest BCUT2D eigenvalue weighted by Crippen LogP contribution is -2.57. The third kappa shape index (κ3) is 10.5. The minimum Gasteiger partial charge on any atom is -0.370 e. The number of hydrogen-bond donors (Lipinski definition) is 7. The number of unbranched alkanes of at least 4 members (excludes halogenated alkanes) is 1. The number of aliphatic imine (C=N–C) groups is 1. The van der Waals surface area contributed by atoms with E-state index < -0.39 is 47.8 Å². The number of nitrogens with two attached hydrogens (primary N) is 4. The number of carbonyl (C=O) groups excluding carboxylic acids is 5. The molecular formula is C22H41N9O5. The van der Waals surface area contributed by atoms with Crippen LogP contribution in [0.5, 0.6) is 0 Å². The van der Waals surface area contributed by atoms with Crippen LogP contribution in [-0.2, 0) is 24.0 Å². The first-order chi connectivity index (χ1) is 17.0. The molecule has 0 spiro atoms. The zero-order valence-electron chi connectivity index (χ0n) is 21.1. The summed E-state index contributed by atoms with van der Waals surface area (Å²) in [6.45, 7) is 3.77. The highest BCUT2D eigenvalue weighted by Gasteiger charge is 2.38. The van der Waals surface area contributed by atoms with Crippen LogP contribution in [0.1, 0.15) is 58.8 Å². The minimum absolute atomic E-state index is 0.0904. The summed E-state index contributed by atoms with van der Waals surface area (Å²) in [6.07, 6.45) is 3.23. The number of hydrogen-bond acceptors (Lipinski definition) is 7. The summed E-state index contributed by atoms with van der Waals surface area (Å²) in [7, 11) is 0. The van der Waals surface area contributed by atoms with Gasteiger partial charge in [-0.25, -0.2) is 0 Å². The normalized spacial score (nSPS) is 17.4. The number of amides is 5. The molecule has 4 atom stereocenters. The fourth-order valence-electron chi connectivity index (χ4n) is 3.92. The Hall–Kier alpha value is -3.42. The van der Waals surface area contributed by atoms with Crippen molar-refractivity contribution in [1.29, 1.82) is 0 Å². The van der Waals surface area contributed by atoms with Gasteiger partial charge in [0.1, 0.15) is 24.2 Å². The van der Waals surface area contributed by atoms with Gasteiger partial charge in [-0.1, -0.05) is 0 Å². The quantitative estimate of drug-likeness (QED) is 0.0683. The number of nitrogens with one attached hydrogen (secondary N) is 3. The average molecular weight is 512 g/mol. The van der Waals surface area contributed by atoms with Gasteiger partial charge in [-0.15, -0.1) is 0 Å². The van der Waals surface area contributed by atoms with E-state index in [-0.39, 0.29) is 24.8 Å². The Morgan fingerprint density at radius 3 is 2.22 bits per heavy atom. The van der Waals surface area contributed by atoms with Crippen LogP contribution in [0.15, 0.2) is 4.99 Å². The molecule has 0 aromatic carbocycles. The van der Waals surface area contributed by atoms with E-state index in [9.17, 15) is 24.0 Å². The van der Waals surface area contributed by atoms with Crippen molar-refractivity contribution in [2.45, 2.75) is 83.0 Å². The predicted molar refractivity (Wildman–Crippen MR) is 134 cm³/mol. The maximum Gasteiger partial charge on any atom is 0.245 e. The number of guanidine groups is 1. The van der Waals surface area contributed by atoms with Gasteiger partial charge in [0.25, 0.3) is 0 Å². The van der Waals surface area contributed by atoms with Crippen LogP contribution in [0.3, 0.4) is 0 Å². The molecule has 0 saturated carbocycles. The van der Waals surface area contributed by atoms with Crippen molar-refractivity contribution in [2.75, 3.05) is 19.6 Å². The van der Waals surface area contributed by atoms with Crippen LogP contribution in [0, 0.1) is 0 Å². The number of nitrogens with zero attached hydrogens (tertiary/aromatic N) is 2. The van der Waals surface area contributed by atoms with E-state index >= 15 is 0 Å². The highest BCUT2D eigenvalue weighted by Crippen LogP contribution is 2.20. The van der Waals surface area contributed by atoms with Gasteiger partial charge in [0, 0.05) is 20.0 Å². The molecule has 0 radical (unpaired) electrons. The number of carbonyl (C=O) groups is 5. The fraction of sp³-hybridized carbons (Fsp3) is 0.727. The van der Waals surface area contributed by atoms with Gasteiger partial charge >= 0.3 is 0 Å². The monoisotopic (exact) mass is 511 g/mol. The molecule has 0 unspecified atom stereocenters. The van der Waals surface area contributed by atoms with Crippen molar-refractivity contribution >= 4 is 35.5 Å². The van der Waals surface area contributed by atoms with Gasteiger partial charge in [0.05, 0.1) is 0 Å². The first-order valence-corrected chi connectivity index (χ1v) is 12.2. The first kappa shape index (κ1) is 30.6. The van der Waals surface area contributed by atoms with Gasteiger partial charge in [-0.2, -0.15) is 0 Å². The van der Waals surface area contributed by atoms with Crippen LogP contribution in [0.25, 0.3) is 0 Å². The van der Waals surface area contributed by atoms with Crippen molar-refractivity contribution in [1.82, 2.24) is 20.9 Å². The summed E-state index contributed by atoms with van der Waals surface area (Å²) < 4.78 is 0. The molecule has 0 bridgehead atoms. The summed E-state index contributed by atoms with van der Waals surface area (Å²) in [5, 5.41) is 7.88. The maximum absolute atomic E-state index is 13.5. The van der Waals surface area contributed by atoms with Crippen molar-refractivity contribution in [3.05, 3.63) is 0 Å². The molecule has 0 aromatic rings. The Kier molecular flexibility index (Phi) is 13.2. The van der Waals surface area contributed by atoms with Crippen LogP contribution < -0.4 is 38.9 Å². The molecule has 1 saturated heterocycles. The largest absolute Gasteiger partial charge is 0.370 e. The zero-order valence-corrected chi connectivity index (χ0v) is 21.1. The standard InChI is InChI=1S/C22H41N9O5/c1-13(18(24)33)28-20(35)17-9-6-12-31(17)21(36)16(8-5-11-27-22(25)26)30-19(34)15(29-14(2)32)7-3-4-10-23/h13,15-17H,3-12,23H2,1-2H3,(H2,24,33)(H,28,35)(H,29,32)(H,30,34)(H4,25,26,27)/t13-,15+,16+,17+/m1/s1.